The lowest BCUT2D eigenvalue weighted by Crippen LogP contribution is -2.58. The van der Waals surface area contributed by atoms with Crippen LogP contribution in [0.4, 0.5) is 5.95 Å². The molecule has 4 aromatic heterocycles. The average molecular weight is 615 g/mol. The van der Waals surface area contributed by atoms with Crippen molar-refractivity contribution in [1.29, 1.82) is 0 Å². The Labute approximate surface area is 249 Å². The first kappa shape index (κ1) is 28.8. The second-order valence-electron chi connectivity index (χ2n) is 11.9. The highest BCUT2D eigenvalue weighted by Gasteiger charge is 2.37. The van der Waals surface area contributed by atoms with Crippen LogP contribution in [0.25, 0.3) is 33.8 Å². The molecule has 5 heterocycles. The maximum atomic E-state index is 12.4. The monoisotopic (exact) mass is 614 g/mol. The Kier molecular flexibility index (Phi) is 7.60. The number of hydrogen-bond acceptors (Lipinski definition) is 9. The molecule has 6 rings (SSSR count). The van der Waals surface area contributed by atoms with Crippen LogP contribution >= 0.6 is 11.6 Å². The van der Waals surface area contributed by atoms with E-state index in [0.29, 0.717) is 52.4 Å². The molecular weight excluding hydrogens is 580 g/mol. The number of H-pyrrole nitrogens is 1. The number of fused-ring (bicyclic) bond motifs is 1. The largest absolute Gasteiger partial charge is 0.439 e. The molecule has 12 nitrogen and oxygen atoms in total. The molecule has 0 aromatic carbocycles. The molecule has 1 unspecified atom stereocenters. The molecule has 14 heteroatoms. The second-order valence-corrected chi connectivity index (χ2v) is 14.3. The maximum Gasteiger partial charge on any atom is 0.439 e. The van der Waals surface area contributed by atoms with Gasteiger partial charge in [0.1, 0.15) is 5.69 Å². The number of nitrogens with zero attached hydrogens (tertiary/aromatic N) is 7. The highest BCUT2D eigenvalue weighted by Crippen LogP contribution is 2.38. The van der Waals surface area contributed by atoms with Crippen LogP contribution in [-0.2, 0) is 16.6 Å². The summed E-state index contributed by atoms with van der Waals surface area (Å²) in [5.41, 5.74) is 3.21. The highest BCUT2D eigenvalue weighted by atomic mass is 35.5. The van der Waals surface area contributed by atoms with Gasteiger partial charge in [0.25, 0.3) is 0 Å². The Morgan fingerprint density at radius 2 is 1.76 bits per heavy atom. The summed E-state index contributed by atoms with van der Waals surface area (Å²) in [5.74, 6) is 1.45. The summed E-state index contributed by atoms with van der Waals surface area (Å²) in [6.07, 6.45) is 9.13. The third-order valence-corrected chi connectivity index (χ3v) is 9.97. The van der Waals surface area contributed by atoms with Gasteiger partial charge in [0.15, 0.2) is 0 Å². The molecule has 1 aliphatic carbocycles. The van der Waals surface area contributed by atoms with E-state index in [1.165, 1.54) is 23.4 Å². The van der Waals surface area contributed by atoms with Gasteiger partial charge in [-0.1, -0.05) is 36.5 Å². The number of piperazine rings is 1. The number of anilines is 1. The number of imidazole rings is 1. The van der Waals surface area contributed by atoms with Gasteiger partial charge >= 0.3 is 5.76 Å². The first-order valence-corrected chi connectivity index (χ1v) is 16.5. The quantitative estimate of drug-likeness (QED) is 0.338. The molecule has 1 saturated heterocycles. The number of aromatic nitrogens is 6. The molecule has 2 atom stereocenters. The van der Waals surface area contributed by atoms with Crippen molar-refractivity contribution < 1.29 is 12.9 Å². The Morgan fingerprint density at radius 1 is 1.05 bits per heavy atom. The molecule has 0 spiro atoms. The molecule has 4 aromatic rings. The number of halogens is 1. The molecule has 0 radical (unpaired) electrons. The van der Waals surface area contributed by atoms with Gasteiger partial charge in [-0.15, -0.1) is 0 Å². The van der Waals surface area contributed by atoms with E-state index in [1.807, 2.05) is 13.8 Å². The maximum absolute atomic E-state index is 12.4. The number of hydrogen-bond donors (Lipinski definition) is 1. The topological polar surface area (TPSA) is 143 Å². The minimum atomic E-state index is -3.34. The number of nitrogens with one attached hydrogen (secondary N) is 1. The lowest BCUT2D eigenvalue weighted by molar-refractivity contribution is 0.262. The van der Waals surface area contributed by atoms with Crippen molar-refractivity contribution in [2.24, 2.45) is 11.8 Å². The van der Waals surface area contributed by atoms with Crippen LogP contribution in [0, 0.1) is 11.8 Å². The van der Waals surface area contributed by atoms with Gasteiger partial charge in [0.05, 0.1) is 28.0 Å². The summed E-state index contributed by atoms with van der Waals surface area (Å²) >= 11 is 6.38. The van der Waals surface area contributed by atoms with E-state index in [9.17, 15) is 13.2 Å². The van der Waals surface area contributed by atoms with Gasteiger partial charge in [0, 0.05) is 49.7 Å². The van der Waals surface area contributed by atoms with Crippen LogP contribution < -0.4 is 10.7 Å². The van der Waals surface area contributed by atoms with E-state index in [-0.39, 0.29) is 17.9 Å². The van der Waals surface area contributed by atoms with Crippen molar-refractivity contribution in [3.05, 3.63) is 40.1 Å². The van der Waals surface area contributed by atoms with Crippen molar-refractivity contribution in [2.45, 2.75) is 65.1 Å². The molecule has 0 amide bonds. The molecule has 2 fully saturated rings. The fraction of sp³-hybridized carbons (Fsp3) is 0.536. The summed E-state index contributed by atoms with van der Waals surface area (Å²) in [7, 11) is -3.34. The van der Waals surface area contributed by atoms with E-state index >= 15 is 0 Å². The zero-order chi connectivity index (χ0) is 29.8. The number of aromatic amines is 1. The zero-order valence-electron chi connectivity index (χ0n) is 24.1. The molecule has 1 N–H and O–H groups in total. The lowest BCUT2D eigenvalue weighted by Gasteiger charge is -2.44. The van der Waals surface area contributed by atoms with E-state index in [0.717, 1.165) is 30.9 Å². The van der Waals surface area contributed by atoms with Gasteiger partial charge in [-0.05, 0) is 50.7 Å². The summed E-state index contributed by atoms with van der Waals surface area (Å²) < 4.78 is 33.4. The predicted octanol–water partition coefficient (Wildman–Crippen LogP) is 4.17. The van der Waals surface area contributed by atoms with Gasteiger partial charge < -0.3 is 9.47 Å². The molecular formula is C28H35ClN8O4S. The fourth-order valence-corrected chi connectivity index (χ4v) is 7.57. The zero-order valence-corrected chi connectivity index (χ0v) is 25.7. The van der Waals surface area contributed by atoms with Crippen LogP contribution in [0.1, 0.15) is 46.5 Å². The summed E-state index contributed by atoms with van der Waals surface area (Å²) in [4.78, 5) is 31.1. The van der Waals surface area contributed by atoms with Gasteiger partial charge in [0.2, 0.25) is 21.8 Å². The SMILES string of the molecule is CC1CCC(Cn2c(N3C(C)CN(S(C)(=O)=O)C[C@H]3C)nc3cc(-c4noc(=O)[nH]4)nc(-c4cncc(Cl)c4)c32)CC1. The third kappa shape index (κ3) is 5.57. The van der Waals surface area contributed by atoms with E-state index in [2.05, 4.69) is 31.5 Å². The fourth-order valence-electron chi connectivity index (χ4n) is 6.43. The highest BCUT2D eigenvalue weighted by molar-refractivity contribution is 7.88. The van der Waals surface area contributed by atoms with Crippen LogP contribution in [0.15, 0.2) is 33.8 Å². The first-order valence-electron chi connectivity index (χ1n) is 14.3. The van der Waals surface area contributed by atoms with Crippen molar-refractivity contribution in [1.82, 2.24) is 34.0 Å². The smallest absolute Gasteiger partial charge is 0.334 e. The summed E-state index contributed by atoms with van der Waals surface area (Å²) in [6, 6.07) is 3.36. The van der Waals surface area contributed by atoms with Crippen molar-refractivity contribution in [3.8, 4) is 22.8 Å². The molecule has 2 aliphatic rings. The standard InChI is InChI=1S/C28H35ClN8O4S/c1-16-5-7-19(8-6-16)15-36-25-22(32-27(36)37-17(2)13-35(14-18(37)3)42(4,39)40)10-23(26-33-28(38)41-34-26)31-24(25)20-9-21(29)12-30-11-20/h9-12,16-19H,5-8,13-15H2,1-4H3,(H,33,34,38)/t16?,17-,18?,19?/m1/s1. The number of sulfonamides is 1. The first-order chi connectivity index (χ1) is 20.0. The predicted molar refractivity (Wildman–Crippen MR) is 161 cm³/mol. The second kappa shape index (κ2) is 11.1. The molecule has 42 heavy (non-hydrogen) atoms. The normalized spacial score (nSPS) is 24.0. The number of pyridine rings is 2. The van der Waals surface area contributed by atoms with Crippen molar-refractivity contribution in [2.75, 3.05) is 24.2 Å². The van der Waals surface area contributed by atoms with Crippen LogP contribution in [0.5, 0.6) is 0 Å². The van der Waals surface area contributed by atoms with Crippen molar-refractivity contribution in [3.63, 3.8) is 0 Å². The van der Waals surface area contributed by atoms with Crippen LogP contribution in [-0.4, -0.2) is 73.8 Å². The minimum absolute atomic E-state index is 0.124. The lowest BCUT2D eigenvalue weighted by atomic mass is 9.83. The minimum Gasteiger partial charge on any atom is -0.334 e. The van der Waals surface area contributed by atoms with E-state index in [4.69, 9.17) is 26.1 Å². The third-order valence-electron chi connectivity index (χ3n) is 8.53. The molecule has 224 valence electrons. The Morgan fingerprint density at radius 3 is 2.38 bits per heavy atom. The van der Waals surface area contributed by atoms with E-state index < -0.39 is 15.8 Å². The van der Waals surface area contributed by atoms with Gasteiger partial charge in [-0.25, -0.2) is 23.2 Å². The van der Waals surface area contributed by atoms with Crippen LogP contribution in [0.3, 0.4) is 0 Å². The Hall–Kier alpha value is -3.29. The Balaban J connectivity index is 1.56. The van der Waals surface area contributed by atoms with E-state index in [1.54, 1.807) is 24.5 Å². The van der Waals surface area contributed by atoms with Crippen molar-refractivity contribution >= 4 is 38.6 Å². The average Bonchev–Trinajstić information content (AvgIpc) is 3.52. The number of rotatable bonds is 6. The molecule has 1 aliphatic heterocycles. The summed E-state index contributed by atoms with van der Waals surface area (Å²) in [5, 5.41) is 4.33. The van der Waals surface area contributed by atoms with Crippen LogP contribution in [0.2, 0.25) is 5.02 Å². The van der Waals surface area contributed by atoms with Gasteiger partial charge in [-0.3, -0.25) is 14.5 Å². The van der Waals surface area contributed by atoms with Gasteiger partial charge in [-0.2, -0.15) is 4.31 Å². The summed E-state index contributed by atoms with van der Waals surface area (Å²) in [6.45, 7) is 7.84. The Bertz CT molecular complexity index is 1760. The molecule has 1 saturated carbocycles. The molecule has 0 bridgehead atoms.